The number of hydrogen-bond acceptors (Lipinski definition) is 2. The molecular formula is C17H21ClN2. The number of nitrogens with zero attached hydrogens (tertiary/aromatic N) is 1. The van der Waals surface area contributed by atoms with Crippen LogP contribution in [-0.4, -0.2) is 11.5 Å². The summed E-state index contributed by atoms with van der Waals surface area (Å²) in [6.07, 6.45) is 5.51. The maximum atomic E-state index is 6.24. The second-order valence-electron chi connectivity index (χ2n) is 5.03. The molecular weight excluding hydrogens is 268 g/mol. The standard InChI is InChI=1S/C17H21ClN2/c1-3-9-20-17(15-7-5-4-6-13(15)2)11-14-8-10-19-12-16(14)18/h4-8,10,12,17,20H,3,9,11H2,1-2H3. The van der Waals surface area contributed by atoms with Crippen LogP contribution in [0.2, 0.25) is 5.02 Å². The molecule has 1 N–H and O–H groups in total. The van der Waals surface area contributed by atoms with Gasteiger partial charge in [-0.1, -0.05) is 42.8 Å². The quantitative estimate of drug-likeness (QED) is 0.856. The van der Waals surface area contributed by atoms with E-state index >= 15 is 0 Å². The number of aryl methyl sites for hydroxylation is 1. The molecule has 0 radical (unpaired) electrons. The van der Waals surface area contributed by atoms with Crippen LogP contribution in [0.1, 0.15) is 36.1 Å². The van der Waals surface area contributed by atoms with Gasteiger partial charge in [0, 0.05) is 18.4 Å². The Morgan fingerprint density at radius 3 is 2.75 bits per heavy atom. The molecule has 1 heterocycles. The molecule has 1 aromatic carbocycles. The molecule has 0 amide bonds. The van der Waals surface area contributed by atoms with Gasteiger partial charge >= 0.3 is 0 Å². The average Bonchev–Trinajstić information content (AvgIpc) is 2.46. The van der Waals surface area contributed by atoms with Gasteiger partial charge in [-0.05, 0) is 49.1 Å². The Morgan fingerprint density at radius 2 is 2.05 bits per heavy atom. The van der Waals surface area contributed by atoms with E-state index in [-0.39, 0.29) is 6.04 Å². The molecule has 0 aliphatic heterocycles. The normalized spacial score (nSPS) is 12.3. The first-order chi connectivity index (χ1) is 9.72. The number of hydrogen-bond donors (Lipinski definition) is 1. The minimum Gasteiger partial charge on any atom is -0.310 e. The van der Waals surface area contributed by atoms with Crippen molar-refractivity contribution in [3.05, 3.63) is 64.4 Å². The number of halogens is 1. The first-order valence-corrected chi connectivity index (χ1v) is 7.47. The number of nitrogens with one attached hydrogen (secondary N) is 1. The van der Waals surface area contributed by atoms with Crippen LogP contribution in [0, 0.1) is 6.92 Å². The van der Waals surface area contributed by atoms with Gasteiger partial charge < -0.3 is 5.32 Å². The summed E-state index contributed by atoms with van der Waals surface area (Å²) in [6.45, 7) is 5.34. The molecule has 0 bridgehead atoms. The molecule has 0 saturated heterocycles. The lowest BCUT2D eigenvalue weighted by Gasteiger charge is -2.21. The number of pyridine rings is 1. The molecule has 20 heavy (non-hydrogen) atoms. The third-order valence-corrected chi connectivity index (χ3v) is 3.83. The fourth-order valence-electron chi connectivity index (χ4n) is 2.38. The maximum absolute atomic E-state index is 6.24. The van der Waals surface area contributed by atoms with Gasteiger partial charge in [0.15, 0.2) is 0 Å². The number of benzene rings is 1. The Morgan fingerprint density at radius 1 is 1.25 bits per heavy atom. The predicted octanol–water partition coefficient (Wildman–Crippen LogP) is 4.33. The Labute approximate surface area is 126 Å². The van der Waals surface area contributed by atoms with Gasteiger partial charge in [0.1, 0.15) is 0 Å². The van der Waals surface area contributed by atoms with E-state index < -0.39 is 0 Å². The zero-order chi connectivity index (χ0) is 14.4. The summed E-state index contributed by atoms with van der Waals surface area (Å²) >= 11 is 6.24. The van der Waals surface area contributed by atoms with E-state index in [1.165, 1.54) is 11.1 Å². The van der Waals surface area contributed by atoms with Gasteiger partial charge in [-0.25, -0.2) is 0 Å². The van der Waals surface area contributed by atoms with Crippen molar-refractivity contribution in [1.29, 1.82) is 0 Å². The van der Waals surface area contributed by atoms with E-state index in [2.05, 4.69) is 48.4 Å². The maximum Gasteiger partial charge on any atom is 0.0622 e. The summed E-state index contributed by atoms with van der Waals surface area (Å²) in [5.41, 5.74) is 3.79. The topological polar surface area (TPSA) is 24.9 Å². The van der Waals surface area contributed by atoms with Crippen molar-refractivity contribution in [3.63, 3.8) is 0 Å². The minimum absolute atomic E-state index is 0.288. The molecule has 1 atom stereocenters. The second kappa shape index (κ2) is 7.41. The van der Waals surface area contributed by atoms with Crippen LogP contribution >= 0.6 is 11.6 Å². The number of aromatic nitrogens is 1. The molecule has 0 saturated carbocycles. The van der Waals surface area contributed by atoms with Crippen molar-refractivity contribution < 1.29 is 0 Å². The van der Waals surface area contributed by atoms with Crippen molar-refractivity contribution in [3.8, 4) is 0 Å². The zero-order valence-electron chi connectivity index (χ0n) is 12.1. The highest BCUT2D eigenvalue weighted by atomic mass is 35.5. The lowest BCUT2D eigenvalue weighted by Crippen LogP contribution is -2.25. The SMILES string of the molecule is CCCNC(Cc1ccncc1Cl)c1ccccc1C. The number of rotatable bonds is 6. The predicted molar refractivity (Wildman–Crippen MR) is 85.2 cm³/mol. The fraction of sp³-hybridized carbons (Fsp3) is 0.353. The van der Waals surface area contributed by atoms with Crippen LogP contribution < -0.4 is 5.32 Å². The second-order valence-corrected chi connectivity index (χ2v) is 5.44. The smallest absolute Gasteiger partial charge is 0.0622 e. The summed E-state index contributed by atoms with van der Waals surface area (Å²) in [7, 11) is 0. The van der Waals surface area contributed by atoms with Crippen molar-refractivity contribution in [2.45, 2.75) is 32.7 Å². The van der Waals surface area contributed by atoms with Crippen LogP contribution in [0.15, 0.2) is 42.7 Å². The highest BCUT2D eigenvalue weighted by molar-refractivity contribution is 6.31. The summed E-state index contributed by atoms with van der Waals surface area (Å²) in [5.74, 6) is 0. The van der Waals surface area contributed by atoms with Gasteiger partial charge in [-0.15, -0.1) is 0 Å². The average molecular weight is 289 g/mol. The monoisotopic (exact) mass is 288 g/mol. The van der Waals surface area contributed by atoms with E-state index in [1.54, 1.807) is 12.4 Å². The third-order valence-electron chi connectivity index (χ3n) is 3.49. The first kappa shape index (κ1) is 15.0. The van der Waals surface area contributed by atoms with Gasteiger partial charge in [-0.2, -0.15) is 0 Å². The van der Waals surface area contributed by atoms with Crippen LogP contribution in [0.4, 0.5) is 0 Å². The van der Waals surface area contributed by atoms with E-state index in [0.29, 0.717) is 0 Å². The van der Waals surface area contributed by atoms with Gasteiger partial charge in [0.25, 0.3) is 0 Å². The molecule has 2 aromatic rings. The summed E-state index contributed by atoms with van der Waals surface area (Å²) in [6, 6.07) is 10.8. The van der Waals surface area contributed by atoms with Gasteiger partial charge in [-0.3, -0.25) is 4.98 Å². The molecule has 1 unspecified atom stereocenters. The summed E-state index contributed by atoms with van der Waals surface area (Å²) in [4.78, 5) is 4.05. The molecule has 0 aliphatic carbocycles. The largest absolute Gasteiger partial charge is 0.310 e. The van der Waals surface area contributed by atoms with Crippen LogP contribution in [-0.2, 0) is 6.42 Å². The van der Waals surface area contributed by atoms with E-state index in [9.17, 15) is 0 Å². The lowest BCUT2D eigenvalue weighted by atomic mass is 9.95. The van der Waals surface area contributed by atoms with Gasteiger partial charge in [0.05, 0.1) is 5.02 Å². The van der Waals surface area contributed by atoms with E-state index in [1.807, 2.05) is 6.07 Å². The fourth-order valence-corrected chi connectivity index (χ4v) is 2.57. The Kier molecular flexibility index (Phi) is 5.57. The highest BCUT2D eigenvalue weighted by Crippen LogP contribution is 2.24. The van der Waals surface area contributed by atoms with Crippen LogP contribution in [0.3, 0.4) is 0 Å². The van der Waals surface area contributed by atoms with E-state index in [4.69, 9.17) is 11.6 Å². The Hall–Kier alpha value is -1.38. The molecule has 0 spiro atoms. The molecule has 0 aliphatic rings. The summed E-state index contributed by atoms with van der Waals surface area (Å²) < 4.78 is 0. The molecule has 2 rings (SSSR count). The van der Waals surface area contributed by atoms with Crippen molar-refractivity contribution in [1.82, 2.24) is 10.3 Å². The first-order valence-electron chi connectivity index (χ1n) is 7.09. The van der Waals surface area contributed by atoms with E-state index in [0.717, 1.165) is 30.0 Å². The van der Waals surface area contributed by atoms with Crippen LogP contribution in [0.5, 0.6) is 0 Å². The minimum atomic E-state index is 0.288. The van der Waals surface area contributed by atoms with Crippen LogP contribution in [0.25, 0.3) is 0 Å². The summed E-state index contributed by atoms with van der Waals surface area (Å²) in [5, 5.41) is 4.36. The lowest BCUT2D eigenvalue weighted by molar-refractivity contribution is 0.527. The molecule has 1 aromatic heterocycles. The van der Waals surface area contributed by atoms with Crippen molar-refractivity contribution in [2.75, 3.05) is 6.54 Å². The molecule has 2 nitrogen and oxygen atoms in total. The Balaban J connectivity index is 2.24. The Bertz CT molecular complexity index is 554. The molecule has 106 valence electrons. The van der Waals surface area contributed by atoms with Gasteiger partial charge in [0.2, 0.25) is 0 Å². The zero-order valence-corrected chi connectivity index (χ0v) is 12.8. The molecule has 3 heteroatoms. The third kappa shape index (κ3) is 3.81. The van der Waals surface area contributed by atoms with Crippen molar-refractivity contribution in [2.24, 2.45) is 0 Å². The van der Waals surface area contributed by atoms with Crippen molar-refractivity contribution >= 4 is 11.6 Å². The molecule has 0 fully saturated rings. The highest BCUT2D eigenvalue weighted by Gasteiger charge is 2.14.